The lowest BCUT2D eigenvalue weighted by Crippen LogP contribution is -2.41. The molecule has 1 aromatic rings. The molecule has 16 heavy (non-hydrogen) atoms. The van der Waals surface area contributed by atoms with Crippen molar-refractivity contribution in [2.45, 2.75) is 31.6 Å². The molecule has 2 bridgehead atoms. The Bertz CT molecular complexity index is 368. The Morgan fingerprint density at radius 3 is 2.56 bits per heavy atom. The highest BCUT2D eigenvalue weighted by Gasteiger charge is 2.33. The molecule has 2 fully saturated rings. The molecular weight excluding hydrogens is 202 g/mol. The van der Waals surface area contributed by atoms with Crippen molar-refractivity contribution in [3.8, 4) is 5.75 Å². The van der Waals surface area contributed by atoms with Crippen molar-refractivity contribution < 1.29 is 9.84 Å². The molecule has 1 N–H and O–H groups in total. The number of ether oxygens (including phenoxy) is 1. The largest absolute Gasteiger partial charge is 0.508 e. The number of hydrogen-bond acceptors (Lipinski definition) is 3. The fourth-order valence-corrected chi connectivity index (χ4v) is 2.71. The molecule has 3 rings (SSSR count). The van der Waals surface area contributed by atoms with Gasteiger partial charge in [0.2, 0.25) is 0 Å². The normalized spacial score (nSPS) is 29.5. The molecule has 0 spiro atoms. The number of morpholine rings is 1. The Balaban J connectivity index is 1.69. The maximum absolute atomic E-state index is 9.73. The average Bonchev–Trinajstić information content (AvgIpc) is 2.62. The summed E-state index contributed by atoms with van der Waals surface area (Å²) in [5, 5.41) is 9.73. The number of para-hydroxylation sites is 1. The van der Waals surface area contributed by atoms with Crippen molar-refractivity contribution >= 4 is 0 Å². The molecule has 1 aromatic carbocycles. The van der Waals surface area contributed by atoms with E-state index in [2.05, 4.69) is 4.90 Å². The summed E-state index contributed by atoms with van der Waals surface area (Å²) in [6, 6.07) is 7.59. The van der Waals surface area contributed by atoms with Crippen LogP contribution in [0, 0.1) is 0 Å². The van der Waals surface area contributed by atoms with Gasteiger partial charge in [-0.05, 0) is 18.9 Å². The zero-order chi connectivity index (χ0) is 11.0. The summed E-state index contributed by atoms with van der Waals surface area (Å²) in [6.45, 7) is 2.85. The van der Waals surface area contributed by atoms with Crippen LogP contribution >= 0.6 is 0 Å². The summed E-state index contributed by atoms with van der Waals surface area (Å²) in [4.78, 5) is 2.39. The van der Waals surface area contributed by atoms with Gasteiger partial charge in [-0.15, -0.1) is 0 Å². The third kappa shape index (κ3) is 1.93. The molecule has 2 saturated heterocycles. The molecule has 0 radical (unpaired) electrons. The van der Waals surface area contributed by atoms with Crippen LogP contribution in [0.3, 0.4) is 0 Å². The maximum atomic E-state index is 9.73. The number of phenols is 1. The lowest BCUT2D eigenvalue weighted by atomic mass is 10.1. The van der Waals surface area contributed by atoms with Gasteiger partial charge in [-0.1, -0.05) is 18.2 Å². The summed E-state index contributed by atoms with van der Waals surface area (Å²) in [5.41, 5.74) is 1.02. The first kappa shape index (κ1) is 10.1. The standard InChI is InChI=1S/C13H17NO2/c15-13-4-2-1-3-10(13)7-14-8-11-5-6-12(9-14)16-11/h1-4,11-12,15H,5-9H2. The van der Waals surface area contributed by atoms with Crippen LogP contribution in [-0.4, -0.2) is 35.3 Å². The Hall–Kier alpha value is -1.06. The quantitative estimate of drug-likeness (QED) is 0.822. The summed E-state index contributed by atoms with van der Waals surface area (Å²) < 4.78 is 5.79. The van der Waals surface area contributed by atoms with Crippen LogP contribution in [-0.2, 0) is 11.3 Å². The Labute approximate surface area is 95.6 Å². The maximum Gasteiger partial charge on any atom is 0.120 e. The molecule has 0 amide bonds. The fourth-order valence-electron chi connectivity index (χ4n) is 2.71. The van der Waals surface area contributed by atoms with Crippen molar-refractivity contribution in [1.29, 1.82) is 0 Å². The van der Waals surface area contributed by atoms with Gasteiger partial charge in [0.25, 0.3) is 0 Å². The second-order valence-electron chi connectivity index (χ2n) is 4.78. The SMILES string of the molecule is Oc1ccccc1CN1CC2CCC(C1)O2. The third-order valence-electron chi connectivity index (χ3n) is 3.50. The van der Waals surface area contributed by atoms with E-state index in [1.54, 1.807) is 6.07 Å². The minimum absolute atomic E-state index is 0.404. The van der Waals surface area contributed by atoms with Crippen molar-refractivity contribution in [2.24, 2.45) is 0 Å². The van der Waals surface area contributed by atoms with E-state index < -0.39 is 0 Å². The van der Waals surface area contributed by atoms with E-state index in [9.17, 15) is 5.11 Å². The van der Waals surface area contributed by atoms with Gasteiger partial charge in [0.1, 0.15) is 5.75 Å². The molecule has 2 aliphatic heterocycles. The van der Waals surface area contributed by atoms with Gasteiger partial charge in [-0.3, -0.25) is 4.90 Å². The zero-order valence-corrected chi connectivity index (χ0v) is 9.30. The van der Waals surface area contributed by atoms with Crippen molar-refractivity contribution in [1.82, 2.24) is 4.90 Å². The van der Waals surface area contributed by atoms with E-state index in [1.807, 2.05) is 18.2 Å². The van der Waals surface area contributed by atoms with Crippen molar-refractivity contribution in [3.05, 3.63) is 29.8 Å². The number of phenolic OH excluding ortho intramolecular Hbond substituents is 1. The molecule has 86 valence electrons. The highest BCUT2D eigenvalue weighted by atomic mass is 16.5. The van der Waals surface area contributed by atoms with Crippen LogP contribution in [0.25, 0.3) is 0 Å². The number of nitrogens with zero attached hydrogens (tertiary/aromatic N) is 1. The number of fused-ring (bicyclic) bond motifs is 2. The minimum Gasteiger partial charge on any atom is -0.508 e. The lowest BCUT2D eigenvalue weighted by Gasteiger charge is -2.32. The van der Waals surface area contributed by atoms with Gasteiger partial charge >= 0.3 is 0 Å². The van der Waals surface area contributed by atoms with Crippen LogP contribution in [0.15, 0.2) is 24.3 Å². The second kappa shape index (κ2) is 4.07. The second-order valence-corrected chi connectivity index (χ2v) is 4.78. The van der Waals surface area contributed by atoms with E-state index in [0.29, 0.717) is 18.0 Å². The molecule has 2 heterocycles. The Morgan fingerprint density at radius 1 is 1.19 bits per heavy atom. The van der Waals surface area contributed by atoms with Crippen LogP contribution in [0.5, 0.6) is 5.75 Å². The predicted octanol–water partition coefficient (Wildman–Crippen LogP) is 1.76. The molecule has 0 aromatic heterocycles. The number of rotatable bonds is 2. The number of likely N-dealkylation sites (tertiary alicyclic amines) is 1. The van der Waals surface area contributed by atoms with Crippen LogP contribution in [0.2, 0.25) is 0 Å². The van der Waals surface area contributed by atoms with E-state index in [0.717, 1.165) is 25.2 Å². The van der Waals surface area contributed by atoms with E-state index in [1.165, 1.54) is 12.8 Å². The smallest absolute Gasteiger partial charge is 0.120 e. The molecule has 0 aliphatic carbocycles. The topological polar surface area (TPSA) is 32.7 Å². The number of hydrogen-bond donors (Lipinski definition) is 1. The highest BCUT2D eigenvalue weighted by molar-refractivity contribution is 5.31. The molecule has 2 unspecified atom stereocenters. The summed E-state index contributed by atoms with van der Waals surface area (Å²) in [7, 11) is 0. The van der Waals surface area contributed by atoms with E-state index in [4.69, 9.17) is 4.74 Å². The van der Waals surface area contributed by atoms with Gasteiger partial charge in [-0.2, -0.15) is 0 Å². The van der Waals surface area contributed by atoms with Gasteiger partial charge in [0.05, 0.1) is 12.2 Å². The highest BCUT2D eigenvalue weighted by Crippen LogP contribution is 2.28. The lowest BCUT2D eigenvalue weighted by molar-refractivity contribution is -0.0412. The Morgan fingerprint density at radius 2 is 1.88 bits per heavy atom. The zero-order valence-electron chi connectivity index (χ0n) is 9.30. The first-order valence-electron chi connectivity index (χ1n) is 5.96. The molecule has 0 saturated carbocycles. The first-order chi connectivity index (χ1) is 7.81. The third-order valence-corrected chi connectivity index (χ3v) is 3.50. The number of benzene rings is 1. The minimum atomic E-state index is 0.404. The van der Waals surface area contributed by atoms with E-state index in [-0.39, 0.29) is 0 Å². The number of aromatic hydroxyl groups is 1. The van der Waals surface area contributed by atoms with Crippen molar-refractivity contribution in [2.75, 3.05) is 13.1 Å². The Kier molecular flexibility index (Phi) is 2.58. The van der Waals surface area contributed by atoms with Gasteiger partial charge in [0.15, 0.2) is 0 Å². The molecule has 2 aliphatic rings. The van der Waals surface area contributed by atoms with Crippen molar-refractivity contribution in [3.63, 3.8) is 0 Å². The van der Waals surface area contributed by atoms with Crippen LogP contribution < -0.4 is 0 Å². The monoisotopic (exact) mass is 219 g/mol. The van der Waals surface area contributed by atoms with Crippen LogP contribution in [0.1, 0.15) is 18.4 Å². The molecule has 3 heteroatoms. The molecule has 3 nitrogen and oxygen atoms in total. The molecular formula is C13H17NO2. The van der Waals surface area contributed by atoms with Gasteiger partial charge in [-0.25, -0.2) is 0 Å². The summed E-state index contributed by atoms with van der Waals surface area (Å²) in [6.07, 6.45) is 3.23. The van der Waals surface area contributed by atoms with E-state index >= 15 is 0 Å². The average molecular weight is 219 g/mol. The summed E-state index contributed by atoms with van der Waals surface area (Å²) in [5.74, 6) is 0.404. The van der Waals surface area contributed by atoms with Gasteiger partial charge < -0.3 is 9.84 Å². The van der Waals surface area contributed by atoms with Gasteiger partial charge in [0, 0.05) is 25.2 Å². The molecule has 2 atom stereocenters. The fraction of sp³-hybridized carbons (Fsp3) is 0.538. The predicted molar refractivity (Wildman–Crippen MR) is 61.3 cm³/mol. The summed E-state index contributed by atoms with van der Waals surface area (Å²) >= 11 is 0. The van der Waals surface area contributed by atoms with Crippen LogP contribution in [0.4, 0.5) is 0 Å². The first-order valence-corrected chi connectivity index (χ1v) is 5.96.